The van der Waals surface area contributed by atoms with Gasteiger partial charge in [0.2, 0.25) is 5.78 Å². The number of aromatic amines is 1. The van der Waals surface area contributed by atoms with Crippen molar-refractivity contribution in [1.82, 2.24) is 10.3 Å². The topological polar surface area (TPSA) is 82.3 Å². The van der Waals surface area contributed by atoms with Crippen molar-refractivity contribution in [2.75, 3.05) is 10.8 Å². The van der Waals surface area contributed by atoms with Gasteiger partial charge in [-0.25, -0.2) is 8.42 Å². The van der Waals surface area contributed by atoms with E-state index < -0.39 is 15.8 Å². The summed E-state index contributed by atoms with van der Waals surface area (Å²) in [7, 11) is -3.99. The zero-order valence-corrected chi connectivity index (χ0v) is 19.7. The molecule has 8 heteroatoms. The van der Waals surface area contributed by atoms with Crippen LogP contribution in [0.3, 0.4) is 0 Å². The summed E-state index contributed by atoms with van der Waals surface area (Å²) < 4.78 is 28.2. The first-order valence-electron chi connectivity index (χ1n) is 10.6. The van der Waals surface area contributed by atoms with Crippen molar-refractivity contribution >= 4 is 43.7 Å². The molecule has 0 aliphatic carbocycles. The van der Waals surface area contributed by atoms with Crippen LogP contribution in [0.5, 0.6) is 0 Å². The first-order valence-corrected chi connectivity index (χ1v) is 13.0. The van der Waals surface area contributed by atoms with Crippen LogP contribution < -0.4 is 9.62 Å². The quantitative estimate of drug-likeness (QED) is 0.310. The Kier molecular flexibility index (Phi) is 5.55. The Bertz CT molecular complexity index is 1460. The van der Waals surface area contributed by atoms with Gasteiger partial charge in [-0.05, 0) is 42.0 Å². The average molecular weight is 478 g/mol. The molecule has 0 bridgehead atoms. The molecule has 6 nitrogen and oxygen atoms in total. The molecule has 0 atom stereocenters. The molecular weight excluding hydrogens is 454 g/mol. The van der Waals surface area contributed by atoms with Crippen LogP contribution in [-0.4, -0.2) is 25.7 Å². The Morgan fingerprint density at radius 1 is 1.09 bits per heavy atom. The highest BCUT2D eigenvalue weighted by molar-refractivity contribution is 7.97. The highest BCUT2D eigenvalue weighted by Crippen LogP contribution is 2.39. The molecule has 3 heterocycles. The van der Waals surface area contributed by atoms with Gasteiger partial charge < -0.3 is 10.3 Å². The molecule has 33 heavy (non-hydrogen) atoms. The Morgan fingerprint density at radius 2 is 1.88 bits per heavy atom. The minimum Gasteiger partial charge on any atom is -0.389 e. The summed E-state index contributed by atoms with van der Waals surface area (Å²) >= 11 is 1.26. The predicted octanol–water partition coefficient (Wildman–Crippen LogP) is 4.74. The van der Waals surface area contributed by atoms with Crippen LogP contribution >= 0.6 is 11.3 Å². The Labute approximate surface area is 196 Å². The van der Waals surface area contributed by atoms with Gasteiger partial charge in [0, 0.05) is 29.8 Å². The number of allylic oxidation sites excluding steroid dienone is 1. The number of carbonyl (C=O) groups is 1. The predicted molar refractivity (Wildman–Crippen MR) is 133 cm³/mol. The molecule has 5 rings (SSSR count). The van der Waals surface area contributed by atoms with E-state index in [1.807, 2.05) is 55.6 Å². The smallest absolute Gasteiger partial charge is 0.270 e. The Hall–Kier alpha value is -3.36. The summed E-state index contributed by atoms with van der Waals surface area (Å²) in [6.45, 7) is 2.66. The van der Waals surface area contributed by atoms with E-state index in [2.05, 4.69) is 16.4 Å². The number of aryl methyl sites for hydroxylation is 1. The highest BCUT2D eigenvalue weighted by Gasteiger charge is 2.41. The zero-order valence-electron chi connectivity index (χ0n) is 18.0. The summed E-state index contributed by atoms with van der Waals surface area (Å²) in [5.41, 5.74) is 4.61. The number of benzene rings is 2. The molecule has 1 aliphatic rings. The fourth-order valence-electron chi connectivity index (χ4n) is 4.03. The molecule has 2 aromatic carbocycles. The van der Waals surface area contributed by atoms with Gasteiger partial charge in [-0.15, -0.1) is 11.3 Å². The van der Waals surface area contributed by atoms with Crippen LogP contribution in [0.2, 0.25) is 0 Å². The van der Waals surface area contributed by atoms with E-state index in [-0.39, 0.29) is 11.4 Å². The number of hydrogen-bond acceptors (Lipinski definition) is 5. The van der Waals surface area contributed by atoms with E-state index in [4.69, 9.17) is 0 Å². The van der Waals surface area contributed by atoms with E-state index in [1.54, 1.807) is 11.4 Å². The minimum absolute atomic E-state index is 0.173. The molecule has 0 amide bonds. The van der Waals surface area contributed by atoms with E-state index >= 15 is 0 Å². The molecular formula is C25H23N3O3S2. The number of ketones is 1. The molecule has 4 aromatic rings. The van der Waals surface area contributed by atoms with Crippen LogP contribution in [-0.2, 0) is 23.0 Å². The Morgan fingerprint density at radius 3 is 2.70 bits per heavy atom. The lowest BCUT2D eigenvalue weighted by Gasteiger charge is -2.29. The van der Waals surface area contributed by atoms with Gasteiger partial charge in [-0.1, -0.05) is 48.0 Å². The lowest BCUT2D eigenvalue weighted by molar-refractivity contribution is 0.104. The largest absolute Gasteiger partial charge is 0.389 e. The molecule has 0 radical (unpaired) electrons. The number of anilines is 1. The Balaban J connectivity index is 1.39. The molecule has 0 spiro atoms. The number of nitrogens with zero attached hydrogens (tertiary/aromatic N) is 1. The second-order valence-electron chi connectivity index (χ2n) is 8.03. The van der Waals surface area contributed by atoms with Crippen molar-refractivity contribution in [1.29, 1.82) is 0 Å². The maximum atomic E-state index is 13.4. The number of para-hydroxylation sites is 1. The van der Waals surface area contributed by atoms with Gasteiger partial charge in [-0.3, -0.25) is 9.10 Å². The number of H-pyrrole nitrogens is 1. The number of carbonyl (C=O) groups excluding carboxylic acids is 1. The van der Waals surface area contributed by atoms with Crippen molar-refractivity contribution in [3.05, 3.63) is 98.8 Å². The molecule has 0 saturated carbocycles. The minimum atomic E-state index is -3.99. The first kappa shape index (κ1) is 21.5. The number of rotatable bonds is 6. The lowest BCUT2D eigenvalue weighted by Crippen LogP contribution is -2.38. The molecule has 1 aliphatic heterocycles. The maximum absolute atomic E-state index is 13.4. The summed E-state index contributed by atoms with van der Waals surface area (Å²) in [5.74, 6) is -0.459. The third-order valence-electron chi connectivity index (χ3n) is 5.80. The summed E-state index contributed by atoms with van der Waals surface area (Å²) in [5, 5.41) is 5.96. The van der Waals surface area contributed by atoms with Crippen LogP contribution in [0.25, 0.3) is 10.9 Å². The van der Waals surface area contributed by atoms with Crippen LogP contribution in [0, 0.1) is 6.92 Å². The average Bonchev–Trinajstić information content (AvgIpc) is 3.45. The molecule has 0 saturated heterocycles. The lowest BCUT2D eigenvalue weighted by atomic mass is 10.1. The van der Waals surface area contributed by atoms with Crippen LogP contribution in [0.4, 0.5) is 5.69 Å². The van der Waals surface area contributed by atoms with Crippen molar-refractivity contribution in [3.8, 4) is 0 Å². The molecule has 0 fully saturated rings. The standard InChI is InChI=1S/C25H23N3O3S2/c1-17-6-8-18(9-7-17)16-28-22-11-13-32-25(22)24(29)23(33(28,30)31)15-26-12-10-19-14-27-21-5-3-2-4-20(19)21/h2-9,11,13-15,26-27H,10,12,16H2,1H3/b23-15-. The number of sulfonamides is 1. The number of thiophene rings is 1. The van der Waals surface area contributed by atoms with Crippen molar-refractivity contribution in [2.45, 2.75) is 19.9 Å². The molecule has 168 valence electrons. The van der Waals surface area contributed by atoms with E-state index in [1.165, 1.54) is 21.8 Å². The number of Topliss-reactive ketones (excluding diaryl/α,β-unsaturated/α-hetero) is 1. The van der Waals surface area contributed by atoms with Gasteiger partial charge >= 0.3 is 0 Å². The van der Waals surface area contributed by atoms with E-state index in [9.17, 15) is 13.2 Å². The van der Waals surface area contributed by atoms with Crippen LogP contribution in [0.1, 0.15) is 26.4 Å². The van der Waals surface area contributed by atoms with E-state index in [0.29, 0.717) is 23.5 Å². The number of hydrogen-bond donors (Lipinski definition) is 2. The monoisotopic (exact) mass is 477 g/mol. The van der Waals surface area contributed by atoms with Crippen molar-refractivity contribution in [2.24, 2.45) is 0 Å². The van der Waals surface area contributed by atoms with Gasteiger partial charge in [0.25, 0.3) is 10.0 Å². The molecule has 0 unspecified atom stereocenters. The summed E-state index contributed by atoms with van der Waals surface area (Å²) in [6.07, 6.45) is 4.01. The highest BCUT2D eigenvalue weighted by atomic mass is 32.2. The number of aromatic nitrogens is 1. The van der Waals surface area contributed by atoms with Crippen molar-refractivity contribution in [3.63, 3.8) is 0 Å². The third kappa shape index (κ3) is 3.96. The SMILES string of the molecule is Cc1ccc(CN2c3ccsc3C(=O)/C(=C/NCCc3c[nH]c4ccccc34)S2(=O)=O)cc1. The van der Waals surface area contributed by atoms with Gasteiger partial charge in [0.1, 0.15) is 4.88 Å². The summed E-state index contributed by atoms with van der Waals surface area (Å²) in [4.78, 5) is 16.5. The maximum Gasteiger partial charge on any atom is 0.270 e. The van der Waals surface area contributed by atoms with Gasteiger partial charge in [-0.2, -0.15) is 0 Å². The number of nitrogens with one attached hydrogen (secondary N) is 2. The fraction of sp³-hybridized carbons (Fsp3) is 0.160. The number of fused-ring (bicyclic) bond motifs is 2. The second-order valence-corrected chi connectivity index (χ2v) is 10.8. The van der Waals surface area contributed by atoms with Gasteiger partial charge in [0.05, 0.1) is 12.2 Å². The zero-order chi connectivity index (χ0) is 23.0. The summed E-state index contributed by atoms with van der Waals surface area (Å²) in [6, 6.07) is 17.5. The second kappa shape index (κ2) is 8.53. The molecule has 2 N–H and O–H groups in total. The van der Waals surface area contributed by atoms with Crippen LogP contribution in [0.15, 0.2) is 77.3 Å². The first-order chi connectivity index (χ1) is 15.9. The normalized spacial score (nSPS) is 16.3. The fourth-order valence-corrected chi connectivity index (χ4v) is 6.53. The van der Waals surface area contributed by atoms with Gasteiger partial charge in [0.15, 0.2) is 4.91 Å². The third-order valence-corrected chi connectivity index (χ3v) is 8.47. The van der Waals surface area contributed by atoms with Crippen molar-refractivity contribution < 1.29 is 13.2 Å². The molecule has 2 aromatic heterocycles. The van der Waals surface area contributed by atoms with E-state index in [0.717, 1.165) is 27.6 Å².